The highest BCUT2D eigenvalue weighted by molar-refractivity contribution is 5.92. The number of anilines is 1. The average Bonchev–Trinajstić information content (AvgIpc) is 2.87. The lowest BCUT2D eigenvalue weighted by atomic mass is 10.2. The van der Waals surface area contributed by atoms with Gasteiger partial charge in [0.25, 0.3) is 0 Å². The summed E-state index contributed by atoms with van der Waals surface area (Å²) in [5.74, 6) is 0. The molecule has 0 aliphatic carbocycles. The molecular formula is C11H10N4. The van der Waals surface area contributed by atoms with Crippen molar-refractivity contribution in [3.05, 3.63) is 42.9 Å². The number of nitrogens with two attached hydrogens (primary N) is 1. The zero-order valence-corrected chi connectivity index (χ0v) is 8.01. The van der Waals surface area contributed by atoms with Crippen LogP contribution in [0.4, 0.5) is 5.69 Å². The van der Waals surface area contributed by atoms with Crippen molar-refractivity contribution in [1.82, 2.24) is 14.8 Å². The first-order valence-electron chi connectivity index (χ1n) is 4.71. The molecule has 0 spiro atoms. The number of rotatable bonds is 1. The summed E-state index contributed by atoms with van der Waals surface area (Å²) in [6, 6.07) is 8.04. The van der Waals surface area contributed by atoms with Crippen LogP contribution in [0.2, 0.25) is 0 Å². The third-order valence-electron chi connectivity index (χ3n) is 2.50. The van der Waals surface area contributed by atoms with Crippen LogP contribution in [0.3, 0.4) is 0 Å². The lowest BCUT2D eigenvalue weighted by Crippen LogP contribution is -1.88. The van der Waals surface area contributed by atoms with Crippen LogP contribution in [-0.2, 0) is 0 Å². The van der Waals surface area contributed by atoms with E-state index in [1.165, 1.54) is 0 Å². The van der Waals surface area contributed by atoms with Crippen LogP contribution in [-0.4, -0.2) is 14.8 Å². The summed E-state index contributed by atoms with van der Waals surface area (Å²) in [6.45, 7) is 0. The van der Waals surface area contributed by atoms with E-state index in [1.54, 1.807) is 6.20 Å². The number of nitrogen functional groups attached to an aromatic ring is 1. The first-order valence-corrected chi connectivity index (χ1v) is 4.71. The maximum absolute atomic E-state index is 5.93. The highest BCUT2D eigenvalue weighted by Gasteiger charge is 2.06. The van der Waals surface area contributed by atoms with E-state index in [1.807, 2.05) is 41.2 Å². The molecule has 2 heterocycles. The molecule has 4 nitrogen and oxygen atoms in total. The predicted octanol–water partition coefficient (Wildman–Crippen LogP) is 1.94. The Morgan fingerprint density at radius 1 is 1.27 bits per heavy atom. The molecule has 2 aromatic heterocycles. The molecule has 0 unspecified atom stereocenters. The number of nitrogens with one attached hydrogen (secondary N) is 1. The fourth-order valence-electron chi connectivity index (χ4n) is 1.80. The summed E-state index contributed by atoms with van der Waals surface area (Å²) >= 11 is 0. The van der Waals surface area contributed by atoms with Crippen molar-refractivity contribution in [2.24, 2.45) is 0 Å². The van der Waals surface area contributed by atoms with Crippen molar-refractivity contribution in [3.8, 4) is 5.69 Å². The zero-order valence-electron chi connectivity index (χ0n) is 8.01. The number of aromatic amines is 1. The fourth-order valence-corrected chi connectivity index (χ4v) is 1.80. The molecule has 0 aliphatic rings. The fraction of sp³-hybridized carbons (Fsp3) is 0. The number of benzene rings is 1. The van der Waals surface area contributed by atoms with E-state index in [2.05, 4.69) is 10.2 Å². The molecule has 0 saturated heterocycles. The van der Waals surface area contributed by atoms with Crippen molar-refractivity contribution in [3.63, 3.8) is 0 Å². The molecule has 0 aliphatic heterocycles. The molecule has 0 radical (unpaired) electrons. The molecule has 15 heavy (non-hydrogen) atoms. The van der Waals surface area contributed by atoms with E-state index in [4.69, 9.17) is 5.73 Å². The van der Waals surface area contributed by atoms with Gasteiger partial charge in [0.1, 0.15) is 0 Å². The predicted molar refractivity (Wildman–Crippen MR) is 59.8 cm³/mol. The van der Waals surface area contributed by atoms with Gasteiger partial charge in [0.2, 0.25) is 0 Å². The van der Waals surface area contributed by atoms with Gasteiger partial charge in [0, 0.05) is 17.8 Å². The molecule has 0 amide bonds. The number of fused-ring (bicyclic) bond motifs is 1. The maximum Gasteiger partial charge on any atom is 0.0836 e. The molecule has 0 bridgehead atoms. The van der Waals surface area contributed by atoms with Crippen LogP contribution in [0.5, 0.6) is 0 Å². The zero-order chi connectivity index (χ0) is 10.3. The minimum absolute atomic E-state index is 0.784. The third kappa shape index (κ3) is 1.11. The number of nitrogens with zero attached hydrogens (tertiary/aromatic N) is 2. The number of H-pyrrole nitrogens is 1. The van der Waals surface area contributed by atoms with Gasteiger partial charge < -0.3 is 10.3 Å². The van der Waals surface area contributed by atoms with Crippen LogP contribution < -0.4 is 5.73 Å². The SMILES string of the molecule is Nc1cn(-c2cn[nH]c2)c2ccccc12. The number of hydrogen-bond acceptors (Lipinski definition) is 2. The molecule has 3 aromatic rings. The highest BCUT2D eigenvalue weighted by Crippen LogP contribution is 2.25. The van der Waals surface area contributed by atoms with Crippen LogP contribution in [0, 0.1) is 0 Å². The normalized spacial score (nSPS) is 10.9. The maximum atomic E-state index is 5.93. The highest BCUT2D eigenvalue weighted by atomic mass is 15.1. The van der Waals surface area contributed by atoms with Gasteiger partial charge in [-0.25, -0.2) is 0 Å². The van der Waals surface area contributed by atoms with Gasteiger partial charge in [-0.1, -0.05) is 18.2 Å². The second-order valence-electron chi connectivity index (χ2n) is 3.43. The minimum atomic E-state index is 0.784. The summed E-state index contributed by atoms with van der Waals surface area (Å²) < 4.78 is 2.02. The Morgan fingerprint density at radius 2 is 2.13 bits per heavy atom. The molecule has 1 aromatic carbocycles. The van der Waals surface area contributed by atoms with Gasteiger partial charge in [-0.05, 0) is 6.07 Å². The Balaban J connectivity index is 2.37. The first-order chi connectivity index (χ1) is 7.36. The second-order valence-corrected chi connectivity index (χ2v) is 3.43. The topological polar surface area (TPSA) is 59.6 Å². The van der Waals surface area contributed by atoms with Crippen LogP contribution >= 0.6 is 0 Å². The summed E-state index contributed by atoms with van der Waals surface area (Å²) in [4.78, 5) is 0. The monoisotopic (exact) mass is 198 g/mol. The molecule has 0 atom stereocenters. The van der Waals surface area contributed by atoms with Crippen molar-refractivity contribution < 1.29 is 0 Å². The molecular weight excluding hydrogens is 188 g/mol. The van der Waals surface area contributed by atoms with E-state index in [9.17, 15) is 0 Å². The molecule has 4 heteroatoms. The summed E-state index contributed by atoms with van der Waals surface area (Å²) in [6.07, 6.45) is 5.52. The molecule has 74 valence electrons. The average molecular weight is 198 g/mol. The second kappa shape index (κ2) is 2.88. The van der Waals surface area contributed by atoms with E-state index >= 15 is 0 Å². The first kappa shape index (κ1) is 8.11. The number of hydrogen-bond donors (Lipinski definition) is 2. The number of aromatic nitrogens is 3. The smallest absolute Gasteiger partial charge is 0.0836 e. The van der Waals surface area contributed by atoms with Crippen molar-refractivity contribution >= 4 is 16.6 Å². The molecule has 0 saturated carbocycles. The van der Waals surface area contributed by atoms with E-state index in [-0.39, 0.29) is 0 Å². The van der Waals surface area contributed by atoms with Crippen molar-refractivity contribution in [1.29, 1.82) is 0 Å². The largest absolute Gasteiger partial charge is 0.397 e. The molecule has 3 rings (SSSR count). The Morgan fingerprint density at radius 3 is 2.93 bits per heavy atom. The summed E-state index contributed by atoms with van der Waals surface area (Å²) in [7, 11) is 0. The van der Waals surface area contributed by atoms with Gasteiger partial charge in [-0.15, -0.1) is 0 Å². The quantitative estimate of drug-likeness (QED) is 0.627. The van der Waals surface area contributed by atoms with Gasteiger partial charge in [0.05, 0.1) is 23.1 Å². The van der Waals surface area contributed by atoms with Crippen LogP contribution in [0.25, 0.3) is 16.6 Å². The van der Waals surface area contributed by atoms with Crippen molar-refractivity contribution in [2.45, 2.75) is 0 Å². The van der Waals surface area contributed by atoms with Crippen LogP contribution in [0.15, 0.2) is 42.9 Å². The van der Waals surface area contributed by atoms with Gasteiger partial charge in [0.15, 0.2) is 0 Å². The Bertz CT molecular complexity index is 592. The van der Waals surface area contributed by atoms with Gasteiger partial charge >= 0.3 is 0 Å². The number of para-hydroxylation sites is 1. The van der Waals surface area contributed by atoms with Gasteiger partial charge in [-0.2, -0.15) is 5.10 Å². The molecule has 0 fully saturated rings. The standard InChI is InChI=1S/C11H10N4/c12-10-7-15(8-5-13-14-6-8)11-4-2-1-3-9(10)11/h1-7H,12H2,(H,13,14). The van der Waals surface area contributed by atoms with E-state index in [0.717, 1.165) is 22.3 Å². The van der Waals surface area contributed by atoms with E-state index in [0.29, 0.717) is 0 Å². The van der Waals surface area contributed by atoms with E-state index < -0.39 is 0 Å². The summed E-state index contributed by atoms with van der Waals surface area (Å²) in [5, 5.41) is 7.79. The Labute approximate surface area is 86.3 Å². The lowest BCUT2D eigenvalue weighted by Gasteiger charge is -1.99. The minimum Gasteiger partial charge on any atom is -0.397 e. The Kier molecular flexibility index (Phi) is 1.56. The Hall–Kier alpha value is -2.23. The summed E-state index contributed by atoms with van der Waals surface area (Å²) in [5.41, 5.74) is 8.80. The lowest BCUT2D eigenvalue weighted by molar-refractivity contribution is 1.09. The van der Waals surface area contributed by atoms with Crippen LogP contribution in [0.1, 0.15) is 0 Å². The molecule has 3 N–H and O–H groups in total. The van der Waals surface area contributed by atoms with Gasteiger partial charge in [-0.3, -0.25) is 5.10 Å². The van der Waals surface area contributed by atoms with Crippen molar-refractivity contribution in [2.75, 3.05) is 5.73 Å². The third-order valence-corrected chi connectivity index (χ3v) is 2.50.